The Bertz CT molecular complexity index is 1180. The van der Waals surface area contributed by atoms with Crippen molar-refractivity contribution in [3.05, 3.63) is 53.3 Å². The number of rotatable bonds is 6. The third-order valence-corrected chi connectivity index (χ3v) is 6.19. The molecule has 0 radical (unpaired) electrons. The quantitative estimate of drug-likeness (QED) is 0.417. The van der Waals surface area contributed by atoms with Gasteiger partial charge >= 0.3 is 0 Å². The van der Waals surface area contributed by atoms with Gasteiger partial charge in [-0.05, 0) is 37.3 Å². The number of nitrogens with one attached hydrogen (secondary N) is 1. The van der Waals surface area contributed by atoms with Crippen LogP contribution in [0.15, 0.2) is 47.6 Å². The van der Waals surface area contributed by atoms with Crippen molar-refractivity contribution in [1.82, 2.24) is 14.8 Å². The Morgan fingerprint density at radius 2 is 2.09 bits per heavy atom. The van der Waals surface area contributed by atoms with Crippen molar-refractivity contribution in [2.24, 2.45) is 7.05 Å². The molecule has 0 saturated carbocycles. The minimum atomic E-state index is -0.392. The maximum absolute atomic E-state index is 12.6. The highest BCUT2D eigenvalue weighted by Crippen LogP contribution is 2.37. The van der Waals surface area contributed by atoms with Gasteiger partial charge in [0.15, 0.2) is 17.6 Å². The van der Waals surface area contributed by atoms with Gasteiger partial charge < -0.3 is 19.7 Å². The number of benzene rings is 2. The maximum atomic E-state index is 12.6. The third-order valence-electron chi connectivity index (χ3n) is 4.94. The van der Waals surface area contributed by atoms with Gasteiger partial charge in [-0.25, -0.2) is 0 Å². The first-order chi connectivity index (χ1) is 15.3. The van der Waals surface area contributed by atoms with Crippen LogP contribution >= 0.6 is 23.4 Å². The number of nitrogens with zero attached hydrogens (tertiary/aromatic N) is 4. The van der Waals surface area contributed by atoms with Crippen molar-refractivity contribution in [1.29, 1.82) is 0 Å². The fraction of sp³-hybridized carbons (Fsp3) is 0.238. The van der Waals surface area contributed by atoms with Gasteiger partial charge in [0.1, 0.15) is 11.5 Å². The molecule has 1 unspecified atom stereocenters. The largest absolute Gasteiger partial charge is 0.506 e. The van der Waals surface area contributed by atoms with E-state index in [1.54, 1.807) is 16.5 Å². The molecular formula is C21H20ClN5O4S. The summed E-state index contributed by atoms with van der Waals surface area (Å²) in [7, 11) is 1.78. The molecule has 11 heteroatoms. The summed E-state index contributed by atoms with van der Waals surface area (Å²) in [6.07, 6.45) is 0. The Morgan fingerprint density at radius 1 is 1.31 bits per heavy atom. The lowest BCUT2D eigenvalue weighted by Crippen LogP contribution is -2.41. The van der Waals surface area contributed by atoms with E-state index in [9.17, 15) is 14.7 Å². The molecule has 0 saturated heterocycles. The SMILES string of the molecule is CC(c1nnc(SCC(=O)Nc2cc(Cl)ccc2O)n1C)N1C(=O)COc2ccccc21. The molecule has 1 atom stereocenters. The summed E-state index contributed by atoms with van der Waals surface area (Å²) in [6.45, 7) is 1.82. The van der Waals surface area contributed by atoms with E-state index in [1.165, 1.54) is 30.0 Å². The number of thioether (sulfide) groups is 1. The number of anilines is 2. The summed E-state index contributed by atoms with van der Waals surface area (Å²) in [6, 6.07) is 11.3. The predicted molar refractivity (Wildman–Crippen MR) is 121 cm³/mol. The highest BCUT2D eigenvalue weighted by molar-refractivity contribution is 7.99. The highest BCUT2D eigenvalue weighted by Gasteiger charge is 2.32. The van der Waals surface area contributed by atoms with Crippen LogP contribution in [0, 0.1) is 0 Å². The van der Waals surface area contributed by atoms with Crippen LogP contribution < -0.4 is 15.0 Å². The number of phenolic OH excluding ortho intramolecular Hbond substituents is 1. The minimum Gasteiger partial charge on any atom is -0.506 e. The Morgan fingerprint density at radius 3 is 2.91 bits per heavy atom. The second-order valence-corrected chi connectivity index (χ2v) is 8.47. The zero-order chi connectivity index (χ0) is 22.8. The topological polar surface area (TPSA) is 110 Å². The number of carbonyl (C=O) groups excluding carboxylic acids is 2. The van der Waals surface area contributed by atoms with E-state index in [0.29, 0.717) is 27.4 Å². The van der Waals surface area contributed by atoms with E-state index in [4.69, 9.17) is 16.3 Å². The number of aromatic hydroxyl groups is 1. The van der Waals surface area contributed by atoms with Gasteiger partial charge in [-0.3, -0.25) is 14.5 Å². The van der Waals surface area contributed by atoms with Gasteiger partial charge in [-0.15, -0.1) is 10.2 Å². The lowest BCUT2D eigenvalue weighted by Gasteiger charge is -2.33. The third kappa shape index (κ3) is 4.37. The molecule has 32 heavy (non-hydrogen) atoms. The fourth-order valence-corrected chi connectivity index (χ4v) is 4.29. The summed E-state index contributed by atoms with van der Waals surface area (Å²) >= 11 is 7.10. The molecular weight excluding hydrogens is 454 g/mol. The van der Waals surface area contributed by atoms with Crippen molar-refractivity contribution in [3.63, 3.8) is 0 Å². The van der Waals surface area contributed by atoms with Crippen molar-refractivity contribution >= 4 is 46.6 Å². The molecule has 3 aromatic rings. The molecule has 1 aliphatic rings. The van der Waals surface area contributed by atoms with Crippen LogP contribution in [0.1, 0.15) is 18.8 Å². The lowest BCUT2D eigenvalue weighted by atomic mass is 10.1. The van der Waals surface area contributed by atoms with Gasteiger partial charge in [0.25, 0.3) is 5.91 Å². The lowest BCUT2D eigenvalue weighted by molar-refractivity contribution is -0.121. The zero-order valence-corrected chi connectivity index (χ0v) is 18.9. The predicted octanol–water partition coefficient (Wildman–Crippen LogP) is 3.39. The fourth-order valence-electron chi connectivity index (χ4n) is 3.40. The van der Waals surface area contributed by atoms with E-state index < -0.39 is 6.04 Å². The standard InChI is InChI=1S/C21H20ClN5O4S/c1-12(27-15-5-3-4-6-17(15)31-10-19(27)30)20-24-25-21(26(20)2)32-11-18(29)23-14-9-13(22)7-8-16(14)28/h3-9,12,28H,10-11H2,1-2H3,(H,23,29). The van der Waals surface area contributed by atoms with Gasteiger partial charge in [-0.2, -0.15) is 0 Å². The average Bonchev–Trinajstić information content (AvgIpc) is 3.14. The highest BCUT2D eigenvalue weighted by atomic mass is 35.5. The minimum absolute atomic E-state index is 0.0443. The summed E-state index contributed by atoms with van der Waals surface area (Å²) in [4.78, 5) is 26.5. The molecule has 2 heterocycles. The normalized spacial score (nSPS) is 14.0. The van der Waals surface area contributed by atoms with Crippen LogP contribution in [-0.4, -0.2) is 44.0 Å². The van der Waals surface area contributed by atoms with Crippen molar-refractivity contribution in [3.8, 4) is 11.5 Å². The molecule has 4 rings (SSSR count). The van der Waals surface area contributed by atoms with E-state index in [-0.39, 0.29) is 35.6 Å². The van der Waals surface area contributed by atoms with Gasteiger partial charge in [0.05, 0.1) is 23.2 Å². The maximum Gasteiger partial charge on any atom is 0.265 e. The molecule has 2 amide bonds. The van der Waals surface area contributed by atoms with E-state index in [2.05, 4.69) is 15.5 Å². The Labute approximate surface area is 193 Å². The number of amides is 2. The molecule has 2 N–H and O–H groups in total. The number of halogens is 1. The summed E-state index contributed by atoms with van der Waals surface area (Å²) < 4.78 is 7.26. The zero-order valence-electron chi connectivity index (χ0n) is 17.3. The first-order valence-electron chi connectivity index (χ1n) is 9.69. The average molecular weight is 474 g/mol. The molecule has 1 aromatic heterocycles. The molecule has 0 fully saturated rings. The first-order valence-corrected chi connectivity index (χ1v) is 11.1. The second-order valence-electron chi connectivity index (χ2n) is 7.09. The van der Waals surface area contributed by atoms with Crippen molar-refractivity contribution in [2.75, 3.05) is 22.6 Å². The van der Waals surface area contributed by atoms with E-state index in [0.717, 1.165) is 0 Å². The summed E-state index contributed by atoms with van der Waals surface area (Å²) in [5.41, 5.74) is 0.911. The van der Waals surface area contributed by atoms with Gasteiger partial charge in [0, 0.05) is 12.1 Å². The smallest absolute Gasteiger partial charge is 0.265 e. The molecule has 0 bridgehead atoms. The number of carbonyl (C=O) groups is 2. The van der Waals surface area contributed by atoms with Crippen molar-refractivity contribution < 1.29 is 19.4 Å². The molecule has 0 spiro atoms. The van der Waals surface area contributed by atoms with Gasteiger partial charge in [0.2, 0.25) is 5.91 Å². The van der Waals surface area contributed by atoms with E-state index in [1.807, 2.05) is 31.2 Å². The number of phenols is 1. The molecule has 1 aliphatic heterocycles. The monoisotopic (exact) mass is 473 g/mol. The van der Waals surface area contributed by atoms with E-state index >= 15 is 0 Å². The van der Waals surface area contributed by atoms with Crippen LogP contribution in [0.3, 0.4) is 0 Å². The summed E-state index contributed by atoms with van der Waals surface area (Å²) in [5.74, 6) is 0.683. The van der Waals surface area contributed by atoms with Crippen LogP contribution in [0.2, 0.25) is 5.02 Å². The van der Waals surface area contributed by atoms with Crippen LogP contribution in [0.5, 0.6) is 11.5 Å². The summed E-state index contributed by atoms with van der Waals surface area (Å²) in [5, 5.41) is 21.8. The number of hydrogen-bond donors (Lipinski definition) is 2. The second kappa shape index (κ2) is 9.09. The first kappa shape index (κ1) is 22.0. The van der Waals surface area contributed by atoms with Crippen LogP contribution in [0.4, 0.5) is 11.4 Å². The van der Waals surface area contributed by atoms with Gasteiger partial charge in [-0.1, -0.05) is 35.5 Å². The molecule has 2 aromatic carbocycles. The number of fused-ring (bicyclic) bond motifs is 1. The number of hydrogen-bond acceptors (Lipinski definition) is 7. The molecule has 0 aliphatic carbocycles. The van der Waals surface area contributed by atoms with Crippen molar-refractivity contribution in [2.45, 2.75) is 18.1 Å². The number of aromatic nitrogens is 3. The molecule has 9 nitrogen and oxygen atoms in total. The van der Waals surface area contributed by atoms with Crippen LogP contribution in [0.25, 0.3) is 0 Å². The Balaban J connectivity index is 1.46. The Hall–Kier alpha value is -3.24. The number of ether oxygens (including phenoxy) is 1. The Kier molecular flexibility index (Phi) is 6.24. The molecule has 166 valence electrons. The number of para-hydroxylation sites is 2. The van der Waals surface area contributed by atoms with Crippen LogP contribution in [-0.2, 0) is 16.6 Å².